The number of rotatable bonds is 8. The monoisotopic (exact) mass is 524 g/mol. The van der Waals surface area contributed by atoms with Gasteiger partial charge in [0.25, 0.3) is 15.6 Å². The minimum Gasteiger partial charge on any atom is -0.352 e. The van der Waals surface area contributed by atoms with Crippen LogP contribution in [-0.2, 0) is 34.3 Å². The lowest BCUT2D eigenvalue weighted by molar-refractivity contribution is -0.120. The first-order valence-corrected chi connectivity index (χ1v) is 13.0. The molecule has 3 aromatic carbocycles. The lowest BCUT2D eigenvalue weighted by Crippen LogP contribution is -2.36. The van der Waals surface area contributed by atoms with Crippen LogP contribution in [0.25, 0.3) is 10.8 Å². The van der Waals surface area contributed by atoms with Gasteiger partial charge in [0.2, 0.25) is 5.91 Å². The third-order valence-electron chi connectivity index (χ3n) is 5.89. The van der Waals surface area contributed by atoms with Gasteiger partial charge in [0.15, 0.2) is 0 Å². The number of hydrogen-bond acceptors (Lipinski definition) is 5. The Balaban J connectivity index is 1.56. The average Bonchev–Trinajstić information content (AvgIpc) is 2.86. The van der Waals surface area contributed by atoms with Gasteiger partial charge in [-0.2, -0.15) is 8.42 Å². The molecule has 0 aliphatic heterocycles. The number of benzene rings is 3. The fourth-order valence-electron chi connectivity index (χ4n) is 3.94. The van der Waals surface area contributed by atoms with Gasteiger partial charge in [-0.05, 0) is 53.3 Å². The van der Waals surface area contributed by atoms with Crippen LogP contribution >= 0.6 is 11.6 Å². The second-order valence-electron chi connectivity index (χ2n) is 8.30. The van der Waals surface area contributed by atoms with Crippen molar-refractivity contribution in [2.75, 3.05) is 4.83 Å². The maximum absolute atomic E-state index is 13.2. The van der Waals surface area contributed by atoms with E-state index >= 15 is 0 Å². The molecule has 0 aliphatic rings. The highest BCUT2D eigenvalue weighted by Crippen LogP contribution is 2.23. The number of nitrogens with zero attached hydrogens (tertiary/aromatic N) is 1. The molecule has 0 aliphatic carbocycles. The van der Waals surface area contributed by atoms with Crippen molar-refractivity contribution in [2.45, 2.75) is 31.3 Å². The van der Waals surface area contributed by atoms with E-state index in [0.29, 0.717) is 22.5 Å². The fraction of sp³-hybridized carbons (Fsp3) is 0.154. The Kier molecular flexibility index (Phi) is 7.44. The molecule has 1 amide bonds. The van der Waals surface area contributed by atoms with Crippen molar-refractivity contribution in [2.24, 2.45) is 5.73 Å². The van der Waals surface area contributed by atoms with Gasteiger partial charge in [-0.25, -0.2) is 9.51 Å². The smallest absolute Gasteiger partial charge is 0.276 e. The first-order chi connectivity index (χ1) is 17.2. The lowest BCUT2D eigenvalue weighted by Gasteiger charge is -2.15. The molecule has 0 bridgehead atoms. The number of pyridine rings is 1. The number of nitrogens with one attached hydrogen (secondary N) is 2. The highest BCUT2D eigenvalue weighted by Gasteiger charge is 2.20. The highest BCUT2D eigenvalue weighted by atomic mass is 35.5. The fourth-order valence-corrected chi connectivity index (χ4v) is 5.37. The minimum atomic E-state index is -4.09. The molecule has 0 saturated heterocycles. The molecule has 186 valence electrons. The van der Waals surface area contributed by atoms with Crippen LogP contribution in [0.4, 0.5) is 0 Å². The zero-order valence-corrected chi connectivity index (χ0v) is 21.1. The largest absolute Gasteiger partial charge is 0.352 e. The van der Waals surface area contributed by atoms with E-state index in [-0.39, 0.29) is 23.4 Å². The van der Waals surface area contributed by atoms with E-state index in [1.54, 1.807) is 49.4 Å². The Morgan fingerprint density at radius 1 is 1.03 bits per heavy atom. The third-order valence-corrected chi connectivity index (χ3v) is 7.49. The van der Waals surface area contributed by atoms with Gasteiger partial charge in [-0.3, -0.25) is 9.59 Å². The second kappa shape index (κ2) is 10.5. The maximum Gasteiger partial charge on any atom is 0.276 e. The van der Waals surface area contributed by atoms with E-state index in [2.05, 4.69) is 10.1 Å². The zero-order valence-electron chi connectivity index (χ0n) is 19.5. The summed E-state index contributed by atoms with van der Waals surface area (Å²) in [4.78, 5) is 28.2. The molecule has 4 rings (SSSR count). The third kappa shape index (κ3) is 5.43. The molecule has 36 heavy (non-hydrogen) atoms. The topological polar surface area (TPSA) is 123 Å². The number of aromatic nitrogens is 1. The average molecular weight is 525 g/mol. The standard InChI is InChI=1S/C26H25ClN4O4S/c1-17-11-12-31(30-36(34,35)24-8-4-6-18-5-2-3-7-22(18)24)26(33)23(17)14-25(32)29-16-20-13-21(27)10-9-19(20)15-28/h2-13,30H,14-16,28H2,1H3,(H,29,32). The Labute approximate surface area is 213 Å². The number of aryl methyl sites for hydroxylation is 1. The van der Waals surface area contributed by atoms with Crippen molar-refractivity contribution in [3.8, 4) is 0 Å². The molecule has 0 unspecified atom stereocenters. The van der Waals surface area contributed by atoms with E-state index in [1.807, 2.05) is 18.2 Å². The summed E-state index contributed by atoms with van der Waals surface area (Å²) in [5, 5.41) is 4.59. The van der Waals surface area contributed by atoms with Gasteiger partial charge >= 0.3 is 0 Å². The molecule has 1 heterocycles. The molecular weight excluding hydrogens is 500 g/mol. The highest BCUT2D eigenvalue weighted by molar-refractivity contribution is 7.92. The van der Waals surface area contributed by atoms with Gasteiger partial charge < -0.3 is 11.1 Å². The molecule has 0 atom stereocenters. The second-order valence-corrected chi connectivity index (χ2v) is 10.4. The molecule has 10 heteroatoms. The van der Waals surface area contributed by atoms with Gasteiger partial charge in [0.1, 0.15) is 0 Å². The number of carbonyl (C=O) groups excluding carboxylic acids is 1. The molecule has 0 radical (unpaired) electrons. The van der Waals surface area contributed by atoms with Gasteiger partial charge in [0, 0.05) is 35.3 Å². The van der Waals surface area contributed by atoms with Crippen molar-refractivity contribution < 1.29 is 13.2 Å². The first kappa shape index (κ1) is 25.4. The number of fused-ring (bicyclic) bond motifs is 1. The Morgan fingerprint density at radius 2 is 1.78 bits per heavy atom. The number of nitrogens with two attached hydrogens (primary N) is 1. The number of hydrogen-bond donors (Lipinski definition) is 3. The summed E-state index contributed by atoms with van der Waals surface area (Å²) >= 11 is 6.05. The Morgan fingerprint density at radius 3 is 2.56 bits per heavy atom. The number of carbonyl (C=O) groups is 1. The number of sulfonamides is 1. The molecular formula is C26H25ClN4O4S. The van der Waals surface area contributed by atoms with E-state index in [4.69, 9.17) is 17.3 Å². The minimum absolute atomic E-state index is 0.0459. The summed E-state index contributed by atoms with van der Waals surface area (Å²) in [5.74, 6) is -0.396. The summed E-state index contributed by atoms with van der Waals surface area (Å²) < 4.78 is 27.2. The molecule has 0 saturated carbocycles. The van der Waals surface area contributed by atoms with Crippen molar-refractivity contribution >= 4 is 38.3 Å². The quantitative estimate of drug-likeness (QED) is 0.326. The molecule has 0 spiro atoms. The van der Waals surface area contributed by atoms with Crippen molar-refractivity contribution in [1.82, 2.24) is 9.99 Å². The molecule has 4 N–H and O–H groups in total. The van der Waals surface area contributed by atoms with Crippen LogP contribution in [0.15, 0.2) is 82.6 Å². The molecule has 0 fully saturated rings. The Bertz CT molecular complexity index is 1610. The normalized spacial score (nSPS) is 11.4. The summed E-state index contributed by atoms with van der Waals surface area (Å²) in [6.45, 7) is 2.18. The van der Waals surface area contributed by atoms with Gasteiger partial charge in [0.05, 0.1) is 11.3 Å². The van der Waals surface area contributed by atoms with Gasteiger partial charge in [-0.15, -0.1) is 0 Å². The van der Waals surface area contributed by atoms with E-state index < -0.39 is 21.5 Å². The maximum atomic E-state index is 13.2. The SMILES string of the molecule is Cc1ccn(NS(=O)(=O)c2cccc3ccccc23)c(=O)c1CC(=O)NCc1cc(Cl)ccc1CN. The van der Waals surface area contributed by atoms with Crippen molar-refractivity contribution in [3.05, 3.63) is 111 Å². The van der Waals surface area contributed by atoms with Crippen LogP contribution in [0.3, 0.4) is 0 Å². The summed E-state index contributed by atoms with van der Waals surface area (Å²) in [6, 6.07) is 18.8. The van der Waals surface area contributed by atoms with Crippen molar-refractivity contribution in [1.29, 1.82) is 0 Å². The lowest BCUT2D eigenvalue weighted by atomic mass is 10.1. The summed E-state index contributed by atoms with van der Waals surface area (Å²) in [7, 11) is -4.09. The van der Waals surface area contributed by atoms with Crippen LogP contribution < -0.4 is 21.4 Å². The summed E-state index contributed by atoms with van der Waals surface area (Å²) in [5.41, 5.74) is 7.51. The summed E-state index contributed by atoms with van der Waals surface area (Å²) in [6.07, 6.45) is 1.11. The predicted molar refractivity (Wildman–Crippen MR) is 141 cm³/mol. The first-order valence-electron chi connectivity index (χ1n) is 11.2. The van der Waals surface area contributed by atoms with Crippen LogP contribution in [0.1, 0.15) is 22.3 Å². The van der Waals surface area contributed by atoms with E-state index in [1.165, 1.54) is 12.3 Å². The van der Waals surface area contributed by atoms with Crippen LogP contribution in [0, 0.1) is 6.92 Å². The number of halogens is 1. The van der Waals surface area contributed by atoms with E-state index in [0.717, 1.165) is 21.2 Å². The van der Waals surface area contributed by atoms with Crippen LogP contribution in [0.5, 0.6) is 0 Å². The Hall–Kier alpha value is -3.66. The van der Waals surface area contributed by atoms with E-state index in [9.17, 15) is 18.0 Å². The zero-order chi connectivity index (χ0) is 25.9. The molecule has 4 aromatic rings. The molecule has 1 aromatic heterocycles. The number of amides is 1. The van der Waals surface area contributed by atoms with Crippen molar-refractivity contribution in [3.63, 3.8) is 0 Å². The van der Waals surface area contributed by atoms with Crippen LogP contribution in [-0.4, -0.2) is 19.0 Å². The molecule has 8 nitrogen and oxygen atoms in total. The van der Waals surface area contributed by atoms with Gasteiger partial charge in [-0.1, -0.05) is 54.1 Å². The predicted octanol–water partition coefficient (Wildman–Crippen LogP) is 3.21. The van der Waals surface area contributed by atoms with Crippen LogP contribution in [0.2, 0.25) is 5.02 Å².